The predicted molar refractivity (Wildman–Crippen MR) is 78.6 cm³/mol. The highest BCUT2D eigenvalue weighted by Gasteiger charge is 2.18. The molecule has 6 nitrogen and oxygen atoms in total. The van der Waals surface area contributed by atoms with E-state index in [1.807, 2.05) is 32.0 Å². The number of carbonyl (C=O) groups is 1. The monoisotopic (exact) mass is 308 g/mol. The molecular formula is C14H16N2O4S. The Kier molecular flexibility index (Phi) is 4.15. The zero-order valence-electron chi connectivity index (χ0n) is 11.7. The van der Waals surface area contributed by atoms with Crippen molar-refractivity contribution < 1.29 is 17.6 Å². The van der Waals surface area contributed by atoms with Crippen LogP contribution in [0, 0.1) is 6.92 Å². The molecule has 2 aromatic rings. The van der Waals surface area contributed by atoms with Crippen molar-refractivity contribution in [1.29, 1.82) is 0 Å². The fourth-order valence-electron chi connectivity index (χ4n) is 1.97. The molecular weight excluding hydrogens is 292 g/mol. The van der Waals surface area contributed by atoms with E-state index < -0.39 is 21.0 Å². The largest absolute Gasteiger partial charge is 0.438 e. The van der Waals surface area contributed by atoms with Gasteiger partial charge in [0.05, 0.1) is 0 Å². The molecule has 0 bridgehead atoms. The first kappa shape index (κ1) is 15.3. The van der Waals surface area contributed by atoms with Crippen molar-refractivity contribution in [2.75, 3.05) is 5.32 Å². The van der Waals surface area contributed by atoms with E-state index in [9.17, 15) is 13.2 Å². The fourth-order valence-corrected chi connectivity index (χ4v) is 2.44. The van der Waals surface area contributed by atoms with Crippen LogP contribution in [0.4, 0.5) is 5.69 Å². The normalized spacial score (nSPS) is 11.4. The number of aryl methyl sites for hydroxylation is 2. The molecule has 0 aliphatic heterocycles. The second-order valence-electron chi connectivity index (χ2n) is 4.58. The topological polar surface area (TPSA) is 102 Å². The number of para-hydroxylation sites is 1. The maximum atomic E-state index is 12.1. The summed E-state index contributed by atoms with van der Waals surface area (Å²) in [5.41, 5.74) is 2.61. The summed E-state index contributed by atoms with van der Waals surface area (Å²) in [6.45, 7) is 3.86. The molecule has 1 aromatic heterocycles. The van der Waals surface area contributed by atoms with E-state index >= 15 is 0 Å². The maximum Gasteiger partial charge on any atom is 0.291 e. The number of hydrogen-bond acceptors (Lipinski definition) is 4. The van der Waals surface area contributed by atoms with Crippen LogP contribution in [0.15, 0.2) is 39.8 Å². The van der Waals surface area contributed by atoms with E-state index in [-0.39, 0.29) is 5.76 Å². The van der Waals surface area contributed by atoms with Gasteiger partial charge in [-0.05, 0) is 36.6 Å². The number of rotatable bonds is 4. The van der Waals surface area contributed by atoms with Gasteiger partial charge in [0.15, 0.2) is 5.76 Å². The van der Waals surface area contributed by atoms with Crippen LogP contribution in [-0.2, 0) is 16.4 Å². The van der Waals surface area contributed by atoms with Gasteiger partial charge >= 0.3 is 0 Å². The lowest BCUT2D eigenvalue weighted by Gasteiger charge is -2.11. The number of hydrogen-bond donors (Lipinski definition) is 2. The Bertz CT molecular complexity index is 778. The van der Waals surface area contributed by atoms with Gasteiger partial charge in [-0.1, -0.05) is 25.1 Å². The summed E-state index contributed by atoms with van der Waals surface area (Å²) in [7, 11) is -3.96. The van der Waals surface area contributed by atoms with E-state index in [0.717, 1.165) is 23.6 Å². The molecule has 0 saturated heterocycles. The molecule has 0 aliphatic rings. The van der Waals surface area contributed by atoms with Gasteiger partial charge in [0.2, 0.25) is 5.09 Å². The average molecular weight is 308 g/mol. The Labute approximate surface area is 123 Å². The number of primary sulfonamides is 1. The number of furan rings is 1. The lowest BCUT2D eigenvalue weighted by Crippen LogP contribution is -2.14. The molecule has 7 heteroatoms. The highest BCUT2D eigenvalue weighted by Crippen LogP contribution is 2.22. The van der Waals surface area contributed by atoms with E-state index in [1.165, 1.54) is 6.07 Å². The number of benzene rings is 1. The van der Waals surface area contributed by atoms with Gasteiger partial charge in [-0.2, -0.15) is 0 Å². The summed E-state index contributed by atoms with van der Waals surface area (Å²) >= 11 is 0. The second kappa shape index (κ2) is 5.71. The third kappa shape index (κ3) is 3.32. The Balaban J connectivity index is 2.29. The van der Waals surface area contributed by atoms with Gasteiger partial charge in [0.25, 0.3) is 15.9 Å². The van der Waals surface area contributed by atoms with Crippen molar-refractivity contribution in [3.8, 4) is 0 Å². The molecule has 3 N–H and O–H groups in total. The number of anilines is 1. The number of amides is 1. The van der Waals surface area contributed by atoms with Crippen molar-refractivity contribution in [2.24, 2.45) is 5.14 Å². The van der Waals surface area contributed by atoms with Gasteiger partial charge < -0.3 is 9.73 Å². The Morgan fingerprint density at radius 2 is 2.00 bits per heavy atom. The molecule has 0 unspecified atom stereocenters. The van der Waals surface area contributed by atoms with Crippen LogP contribution in [0.2, 0.25) is 0 Å². The molecule has 1 aromatic carbocycles. The molecule has 0 radical (unpaired) electrons. The summed E-state index contributed by atoms with van der Waals surface area (Å²) in [6, 6.07) is 8.14. The molecule has 0 fully saturated rings. The molecule has 21 heavy (non-hydrogen) atoms. The highest BCUT2D eigenvalue weighted by molar-refractivity contribution is 7.89. The second-order valence-corrected chi connectivity index (χ2v) is 6.07. The summed E-state index contributed by atoms with van der Waals surface area (Å²) in [5, 5.41) is 7.24. The van der Waals surface area contributed by atoms with Crippen molar-refractivity contribution in [3.63, 3.8) is 0 Å². The quantitative estimate of drug-likeness (QED) is 0.902. The lowest BCUT2D eigenvalue weighted by molar-refractivity contribution is 0.0991. The number of sulfonamides is 1. The third-order valence-corrected chi connectivity index (χ3v) is 3.84. The van der Waals surface area contributed by atoms with Crippen LogP contribution >= 0.6 is 0 Å². The van der Waals surface area contributed by atoms with Crippen LogP contribution in [0.5, 0.6) is 0 Å². The minimum Gasteiger partial charge on any atom is -0.438 e. The van der Waals surface area contributed by atoms with Gasteiger partial charge in [-0.15, -0.1) is 0 Å². The van der Waals surface area contributed by atoms with E-state index in [1.54, 1.807) is 0 Å². The number of nitrogens with one attached hydrogen (secondary N) is 1. The van der Waals surface area contributed by atoms with E-state index in [4.69, 9.17) is 9.56 Å². The third-order valence-electron chi connectivity index (χ3n) is 3.06. The minimum absolute atomic E-state index is 0.107. The standard InChI is InChI=1S/C14H16N2O4S/c1-3-10-6-4-5-9(2)13(10)16-14(17)11-7-8-12(20-11)21(15,18)19/h4-8H,3H2,1-2H3,(H,16,17)(H2,15,18,19). The number of carbonyl (C=O) groups excluding carboxylic acids is 1. The number of nitrogens with two attached hydrogens (primary N) is 1. The highest BCUT2D eigenvalue weighted by atomic mass is 32.2. The Morgan fingerprint density at radius 3 is 2.57 bits per heavy atom. The van der Waals surface area contributed by atoms with Crippen LogP contribution in [0.3, 0.4) is 0 Å². The van der Waals surface area contributed by atoms with E-state index in [0.29, 0.717) is 5.69 Å². The Morgan fingerprint density at radius 1 is 1.29 bits per heavy atom. The minimum atomic E-state index is -3.96. The van der Waals surface area contributed by atoms with Crippen molar-refractivity contribution in [2.45, 2.75) is 25.4 Å². The Hall–Kier alpha value is -2.12. The maximum absolute atomic E-state index is 12.1. The summed E-state index contributed by atoms with van der Waals surface area (Å²) in [5.74, 6) is -0.627. The zero-order chi connectivity index (χ0) is 15.6. The molecule has 2 rings (SSSR count). The van der Waals surface area contributed by atoms with Gasteiger partial charge in [0, 0.05) is 5.69 Å². The predicted octanol–water partition coefficient (Wildman–Crippen LogP) is 2.05. The molecule has 0 saturated carbocycles. The molecule has 0 atom stereocenters. The van der Waals surface area contributed by atoms with Gasteiger partial charge in [0.1, 0.15) is 0 Å². The summed E-state index contributed by atoms with van der Waals surface area (Å²) in [4.78, 5) is 12.1. The molecule has 0 spiro atoms. The summed E-state index contributed by atoms with van der Waals surface area (Å²) in [6.07, 6.45) is 0.762. The zero-order valence-corrected chi connectivity index (χ0v) is 12.5. The lowest BCUT2D eigenvalue weighted by atomic mass is 10.1. The molecule has 1 heterocycles. The fraction of sp³-hybridized carbons (Fsp3) is 0.214. The van der Waals surface area contributed by atoms with Crippen LogP contribution < -0.4 is 10.5 Å². The van der Waals surface area contributed by atoms with Gasteiger partial charge in [-0.3, -0.25) is 4.79 Å². The van der Waals surface area contributed by atoms with Crippen molar-refractivity contribution >= 4 is 21.6 Å². The van der Waals surface area contributed by atoms with Crippen LogP contribution in [-0.4, -0.2) is 14.3 Å². The first-order valence-electron chi connectivity index (χ1n) is 6.35. The van der Waals surface area contributed by atoms with E-state index in [2.05, 4.69) is 5.32 Å². The smallest absolute Gasteiger partial charge is 0.291 e. The molecule has 0 aliphatic carbocycles. The van der Waals surface area contributed by atoms with Crippen molar-refractivity contribution in [3.05, 3.63) is 47.2 Å². The van der Waals surface area contributed by atoms with Crippen LogP contribution in [0.1, 0.15) is 28.6 Å². The summed E-state index contributed by atoms with van der Waals surface area (Å²) < 4.78 is 27.2. The van der Waals surface area contributed by atoms with Gasteiger partial charge in [-0.25, -0.2) is 13.6 Å². The van der Waals surface area contributed by atoms with Crippen LogP contribution in [0.25, 0.3) is 0 Å². The molecule has 112 valence electrons. The SMILES string of the molecule is CCc1cccc(C)c1NC(=O)c1ccc(S(N)(=O)=O)o1. The van der Waals surface area contributed by atoms with Crippen molar-refractivity contribution in [1.82, 2.24) is 0 Å². The average Bonchev–Trinajstić information content (AvgIpc) is 2.90. The first-order chi connectivity index (χ1) is 9.82. The first-order valence-corrected chi connectivity index (χ1v) is 7.90. The molecule has 1 amide bonds.